The Labute approximate surface area is 141 Å². The summed E-state index contributed by atoms with van der Waals surface area (Å²) in [6, 6.07) is 10.3. The summed E-state index contributed by atoms with van der Waals surface area (Å²) in [6.07, 6.45) is 0. The Morgan fingerprint density at radius 2 is 1.61 bits per heavy atom. The molecule has 5 nitrogen and oxygen atoms in total. The van der Waals surface area contributed by atoms with Gasteiger partial charge in [-0.1, -0.05) is 0 Å². The van der Waals surface area contributed by atoms with Crippen molar-refractivity contribution in [3.05, 3.63) is 36.2 Å². The van der Waals surface area contributed by atoms with Crippen molar-refractivity contribution in [2.24, 2.45) is 0 Å². The van der Waals surface area contributed by atoms with Crippen LogP contribution >= 0.6 is 0 Å². The summed E-state index contributed by atoms with van der Waals surface area (Å²) in [5, 5.41) is 0. The van der Waals surface area contributed by atoms with Crippen LogP contribution in [0.2, 0.25) is 0 Å². The number of H-pyrrole nitrogens is 1. The third-order valence-corrected chi connectivity index (χ3v) is 5.46. The van der Waals surface area contributed by atoms with E-state index in [0.717, 1.165) is 21.3 Å². The standard InChI is InChI=1S/C17H18N2O3Se/c1-10-18-13-6-5-11(7-14(13)19-10)23-12-8-15(20-2)17(22-4)16(9-12)21-3/h5-9H,1-4H3,(H,18,19). The van der Waals surface area contributed by atoms with Crippen LogP contribution in [0.5, 0.6) is 17.2 Å². The molecule has 0 saturated carbocycles. The summed E-state index contributed by atoms with van der Waals surface area (Å²) >= 11 is 0.125. The molecule has 6 heteroatoms. The van der Waals surface area contributed by atoms with Crippen LogP contribution in [0.25, 0.3) is 11.0 Å². The molecule has 0 radical (unpaired) electrons. The molecule has 3 rings (SSSR count). The molecule has 1 N–H and O–H groups in total. The molecule has 0 unspecified atom stereocenters. The van der Waals surface area contributed by atoms with Gasteiger partial charge in [0.15, 0.2) is 0 Å². The second-order valence-corrected chi connectivity index (χ2v) is 7.37. The summed E-state index contributed by atoms with van der Waals surface area (Å²) in [5.74, 6) is 2.91. The molecule has 120 valence electrons. The number of fused-ring (bicyclic) bond motifs is 1. The molecule has 0 amide bonds. The van der Waals surface area contributed by atoms with Gasteiger partial charge in [-0.2, -0.15) is 0 Å². The molecule has 0 aliphatic heterocycles. The fourth-order valence-corrected chi connectivity index (χ4v) is 4.36. The maximum atomic E-state index is 5.42. The second-order valence-electron chi connectivity index (χ2n) is 4.96. The van der Waals surface area contributed by atoms with Crippen molar-refractivity contribution >= 4 is 34.9 Å². The number of methoxy groups -OCH3 is 3. The first kappa shape index (κ1) is 15.7. The van der Waals surface area contributed by atoms with Crippen molar-refractivity contribution in [3.8, 4) is 17.2 Å². The molecule has 0 fully saturated rings. The van der Waals surface area contributed by atoms with Gasteiger partial charge < -0.3 is 0 Å². The fraction of sp³-hybridized carbons (Fsp3) is 0.235. The van der Waals surface area contributed by atoms with Crippen molar-refractivity contribution in [1.82, 2.24) is 9.97 Å². The fourth-order valence-electron chi connectivity index (χ4n) is 2.43. The molecule has 1 aromatic heterocycles. The van der Waals surface area contributed by atoms with E-state index in [2.05, 4.69) is 22.1 Å². The van der Waals surface area contributed by atoms with E-state index >= 15 is 0 Å². The van der Waals surface area contributed by atoms with Crippen LogP contribution in [-0.2, 0) is 0 Å². The molecule has 0 aliphatic rings. The number of aryl methyl sites for hydroxylation is 1. The zero-order chi connectivity index (χ0) is 16.4. The van der Waals surface area contributed by atoms with Gasteiger partial charge in [0.2, 0.25) is 0 Å². The summed E-state index contributed by atoms with van der Waals surface area (Å²) < 4.78 is 18.6. The Hall–Kier alpha value is -2.17. The van der Waals surface area contributed by atoms with Gasteiger partial charge in [0, 0.05) is 0 Å². The Balaban J connectivity index is 1.97. The van der Waals surface area contributed by atoms with Gasteiger partial charge in [0.05, 0.1) is 0 Å². The normalized spacial score (nSPS) is 10.8. The third kappa shape index (κ3) is 3.14. The number of ether oxygens (including phenoxy) is 3. The molecule has 3 aromatic rings. The van der Waals surface area contributed by atoms with Crippen LogP contribution in [0.3, 0.4) is 0 Å². The van der Waals surface area contributed by atoms with Crippen LogP contribution in [0.4, 0.5) is 0 Å². The maximum absolute atomic E-state index is 5.42. The molecule has 0 saturated heterocycles. The Kier molecular flexibility index (Phi) is 4.46. The topological polar surface area (TPSA) is 56.4 Å². The van der Waals surface area contributed by atoms with Gasteiger partial charge in [-0.05, 0) is 0 Å². The van der Waals surface area contributed by atoms with Crippen molar-refractivity contribution in [2.45, 2.75) is 6.92 Å². The average molecular weight is 377 g/mol. The molecule has 0 bridgehead atoms. The molecule has 2 aromatic carbocycles. The molecular formula is C17H18N2O3Se. The summed E-state index contributed by atoms with van der Waals surface area (Å²) in [7, 11) is 4.88. The van der Waals surface area contributed by atoms with Crippen molar-refractivity contribution < 1.29 is 14.2 Å². The Morgan fingerprint density at radius 1 is 0.913 bits per heavy atom. The first-order valence-corrected chi connectivity index (χ1v) is 8.80. The SMILES string of the molecule is COc1cc([Se]c2ccc3nc(C)[nH]c3c2)cc(OC)c1OC. The molecule has 23 heavy (non-hydrogen) atoms. The van der Waals surface area contributed by atoms with Crippen LogP contribution in [0, 0.1) is 6.92 Å². The van der Waals surface area contributed by atoms with Crippen LogP contribution in [0.1, 0.15) is 5.82 Å². The first-order valence-electron chi connectivity index (χ1n) is 7.09. The van der Waals surface area contributed by atoms with E-state index in [1.54, 1.807) is 21.3 Å². The number of aromatic nitrogens is 2. The predicted octanol–water partition coefficient (Wildman–Crippen LogP) is 1.55. The number of aromatic amines is 1. The van der Waals surface area contributed by atoms with Crippen molar-refractivity contribution in [3.63, 3.8) is 0 Å². The number of nitrogens with one attached hydrogen (secondary N) is 1. The van der Waals surface area contributed by atoms with E-state index in [4.69, 9.17) is 14.2 Å². The third-order valence-electron chi connectivity index (χ3n) is 3.45. The molecule has 0 spiro atoms. The van der Waals surface area contributed by atoms with Crippen LogP contribution < -0.4 is 23.1 Å². The van der Waals surface area contributed by atoms with Crippen molar-refractivity contribution in [1.29, 1.82) is 0 Å². The first-order chi connectivity index (χ1) is 11.1. The number of nitrogens with zero attached hydrogens (tertiary/aromatic N) is 1. The quantitative estimate of drug-likeness (QED) is 0.686. The van der Waals surface area contributed by atoms with E-state index < -0.39 is 0 Å². The molecule has 1 heterocycles. The number of rotatable bonds is 5. The Morgan fingerprint density at radius 3 is 2.22 bits per heavy atom. The molecule has 0 aliphatic carbocycles. The van der Waals surface area contributed by atoms with E-state index in [0.29, 0.717) is 17.2 Å². The molecular weight excluding hydrogens is 359 g/mol. The van der Waals surface area contributed by atoms with E-state index in [-0.39, 0.29) is 15.0 Å². The zero-order valence-electron chi connectivity index (χ0n) is 13.5. The van der Waals surface area contributed by atoms with Gasteiger partial charge in [0.25, 0.3) is 0 Å². The van der Waals surface area contributed by atoms with Crippen LogP contribution in [0.15, 0.2) is 30.3 Å². The van der Waals surface area contributed by atoms with E-state index in [1.165, 1.54) is 4.46 Å². The number of benzene rings is 2. The monoisotopic (exact) mass is 378 g/mol. The predicted molar refractivity (Wildman–Crippen MR) is 92.0 cm³/mol. The van der Waals surface area contributed by atoms with Gasteiger partial charge in [-0.25, -0.2) is 0 Å². The minimum absolute atomic E-state index is 0.125. The van der Waals surface area contributed by atoms with Crippen molar-refractivity contribution in [2.75, 3.05) is 21.3 Å². The van der Waals surface area contributed by atoms with Gasteiger partial charge in [-0.15, -0.1) is 0 Å². The zero-order valence-corrected chi connectivity index (χ0v) is 15.2. The number of imidazole rings is 1. The van der Waals surface area contributed by atoms with Gasteiger partial charge in [-0.3, -0.25) is 0 Å². The summed E-state index contributed by atoms with van der Waals surface area (Å²) in [6.45, 7) is 1.96. The van der Waals surface area contributed by atoms with Gasteiger partial charge >= 0.3 is 141 Å². The number of hydrogen-bond donors (Lipinski definition) is 1. The number of hydrogen-bond acceptors (Lipinski definition) is 4. The van der Waals surface area contributed by atoms with Crippen LogP contribution in [-0.4, -0.2) is 46.3 Å². The van der Waals surface area contributed by atoms with E-state index in [9.17, 15) is 0 Å². The molecule has 0 atom stereocenters. The van der Waals surface area contributed by atoms with E-state index in [1.807, 2.05) is 25.1 Å². The van der Waals surface area contributed by atoms with Gasteiger partial charge in [0.1, 0.15) is 0 Å². The Bertz CT molecular complexity index is 820. The second kappa shape index (κ2) is 6.52. The summed E-state index contributed by atoms with van der Waals surface area (Å²) in [4.78, 5) is 7.71. The minimum atomic E-state index is 0.125. The summed E-state index contributed by atoms with van der Waals surface area (Å²) in [5.41, 5.74) is 2.06. The average Bonchev–Trinajstić information content (AvgIpc) is 2.93.